The van der Waals surface area contributed by atoms with Crippen LogP contribution in [0.4, 0.5) is 0 Å². The summed E-state index contributed by atoms with van der Waals surface area (Å²) in [5, 5.41) is 10.9. The molecule has 134 valence electrons. The second-order valence-electron chi connectivity index (χ2n) is 6.54. The summed E-state index contributed by atoms with van der Waals surface area (Å²) in [5.41, 5.74) is 2.58. The van der Waals surface area contributed by atoms with Crippen molar-refractivity contribution in [1.29, 1.82) is 0 Å². The average Bonchev–Trinajstić information content (AvgIpc) is 3.02. The van der Waals surface area contributed by atoms with E-state index in [2.05, 4.69) is 52.7 Å². The topological polar surface area (TPSA) is 48.9 Å². The van der Waals surface area contributed by atoms with Crippen LogP contribution in [0.5, 0.6) is 0 Å². The van der Waals surface area contributed by atoms with Crippen LogP contribution in [0.25, 0.3) is 0 Å². The van der Waals surface area contributed by atoms with Crippen molar-refractivity contribution >= 4 is 5.97 Å². The number of unbranched alkanes of at least 4 members (excludes halogenated alkanes) is 1. The molecular formula is C22H24N2O2. The number of imidazole rings is 1. The highest BCUT2D eigenvalue weighted by molar-refractivity contribution is 5.85. The highest BCUT2D eigenvalue weighted by Gasteiger charge is 2.17. The van der Waals surface area contributed by atoms with Crippen LogP contribution in [-0.4, -0.2) is 10.5 Å². The molecule has 0 N–H and O–H groups in total. The fraction of sp³-hybridized carbons (Fsp3) is 0.273. The normalized spacial score (nSPS) is 10.8. The molecule has 3 rings (SSSR count). The van der Waals surface area contributed by atoms with Crippen molar-refractivity contribution in [2.75, 3.05) is 0 Å². The van der Waals surface area contributed by atoms with Crippen molar-refractivity contribution in [2.45, 2.75) is 39.3 Å². The summed E-state index contributed by atoms with van der Waals surface area (Å²) in [7, 11) is 0. The molecule has 2 aromatic carbocycles. The molecule has 0 aliphatic heterocycles. The van der Waals surface area contributed by atoms with Gasteiger partial charge in [-0.15, -0.1) is 0 Å². The third-order valence-corrected chi connectivity index (χ3v) is 4.58. The zero-order chi connectivity index (χ0) is 18.4. The molecule has 1 aromatic heterocycles. The molecule has 0 atom stereocenters. The maximum Gasteiger partial charge on any atom is 0.256 e. The summed E-state index contributed by atoms with van der Waals surface area (Å²) in [6, 6.07) is 17.4. The van der Waals surface area contributed by atoms with Crippen LogP contribution in [0, 0.1) is 0 Å². The Hall–Kier alpha value is -2.88. The number of hydrogen-bond acceptors (Lipinski definition) is 2. The van der Waals surface area contributed by atoms with E-state index in [9.17, 15) is 9.90 Å². The van der Waals surface area contributed by atoms with Crippen LogP contribution in [0.1, 0.15) is 47.1 Å². The van der Waals surface area contributed by atoms with Gasteiger partial charge in [-0.05, 0) is 23.1 Å². The Labute approximate surface area is 154 Å². The zero-order valence-electron chi connectivity index (χ0n) is 15.1. The smallest absolute Gasteiger partial charge is 0.256 e. The quantitative estimate of drug-likeness (QED) is 0.588. The number of carbonyl (C=O) groups is 1. The predicted molar refractivity (Wildman–Crippen MR) is 98.7 cm³/mol. The fourth-order valence-electron chi connectivity index (χ4n) is 3.13. The van der Waals surface area contributed by atoms with Gasteiger partial charge in [0.05, 0.1) is 5.97 Å². The minimum absolute atomic E-state index is 0.214. The summed E-state index contributed by atoms with van der Waals surface area (Å²) < 4.78 is 4.56. The van der Waals surface area contributed by atoms with Gasteiger partial charge in [0.15, 0.2) is 0 Å². The summed E-state index contributed by atoms with van der Waals surface area (Å²) in [4.78, 5) is 10.9. The van der Waals surface area contributed by atoms with Gasteiger partial charge >= 0.3 is 0 Å². The Morgan fingerprint density at radius 3 is 2.42 bits per heavy atom. The number of carbonyl (C=O) groups excluding carboxylic acids is 1. The standard InChI is InChI=1S/C22H24N2O2/c1-2-3-9-21-23(16-18-7-5-4-6-8-18)14-15-24(21)17-19-10-12-20(13-11-19)22(25)26/h4-8,10-15H,2-3,9,16-17H2,1H3. The first-order valence-electron chi connectivity index (χ1n) is 9.09. The molecule has 0 aliphatic rings. The lowest BCUT2D eigenvalue weighted by Gasteiger charge is -2.07. The van der Waals surface area contributed by atoms with Gasteiger partial charge in [0.25, 0.3) is 5.82 Å². The van der Waals surface area contributed by atoms with E-state index >= 15 is 0 Å². The van der Waals surface area contributed by atoms with E-state index in [4.69, 9.17) is 0 Å². The summed E-state index contributed by atoms with van der Waals surface area (Å²) in [6.07, 6.45) is 7.56. The summed E-state index contributed by atoms with van der Waals surface area (Å²) >= 11 is 0. The molecule has 4 nitrogen and oxygen atoms in total. The Bertz CT molecular complexity index is 852. The number of benzene rings is 2. The molecular weight excluding hydrogens is 324 g/mol. The molecule has 1 heterocycles. The monoisotopic (exact) mass is 348 g/mol. The fourth-order valence-corrected chi connectivity index (χ4v) is 3.13. The molecule has 0 aliphatic carbocycles. The largest absolute Gasteiger partial charge is 0.545 e. The van der Waals surface area contributed by atoms with Crippen molar-refractivity contribution in [3.05, 3.63) is 89.5 Å². The van der Waals surface area contributed by atoms with Crippen LogP contribution in [-0.2, 0) is 19.5 Å². The minimum Gasteiger partial charge on any atom is -0.545 e. The maximum absolute atomic E-state index is 10.9. The first-order valence-corrected chi connectivity index (χ1v) is 9.09. The maximum atomic E-state index is 10.9. The van der Waals surface area contributed by atoms with Gasteiger partial charge in [-0.3, -0.25) is 0 Å². The molecule has 0 spiro atoms. The van der Waals surface area contributed by atoms with Crippen molar-refractivity contribution in [3.8, 4) is 0 Å². The van der Waals surface area contributed by atoms with E-state index in [0.29, 0.717) is 0 Å². The van der Waals surface area contributed by atoms with Gasteiger partial charge in [0, 0.05) is 6.42 Å². The Balaban J connectivity index is 1.82. The third kappa shape index (κ3) is 4.39. The first-order chi connectivity index (χ1) is 12.7. The SMILES string of the molecule is CCCCc1n(Cc2ccc(C(=O)[O-])cc2)cc[n+]1Cc1ccccc1. The van der Waals surface area contributed by atoms with Crippen molar-refractivity contribution < 1.29 is 14.5 Å². The zero-order valence-corrected chi connectivity index (χ0v) is 15.1. The molecule has 0 radical (unpaired) electrons. The van der Waals surface area contributed by atoms with E-state index in [1.54, 1.807) is 12.1 Å². The lowest BCUT2D eigenvalue weighted by molar-refractivity contribution is -0.695. The number of nitrogens with zero attached hydrogens (tertiary/aromatic N) is 2. The van der Waals surface area contributed by atoms with Crippen molar-refractivity contribution in [2.24, 2.45) is 0 Å². The van der Waals surface area contributed by atoms with Crippen LogP contribution in [0.2, 0.25) is 0 Å². The second kappa shape index (κ2) is 8.48. The number of hydrogen-bond donors (Lipinski definition) is 0. The van der Waals surface area contributed by atoms with Crippen LogP contribution >= 0.6 is 0 Å². The molecule has 0 amide bonds. The Morgan fingerprint density at radius 1 is 1.04 bits per heavy atom. The highest BCUT2D eigenvalue weighted by Crippen LogP contribution is 2.10. The molecule has 3 aromatic rings. The van der Waals surface area contributed by atoms with E-state index in [1.807, 2.05) is 18.2 Å². The molecule has 0 fully saturated rings. The molecule has 0 saturated carbocycles. The van der Waals surface area contributed by atoms with Crippen molar-refractivity contribution in [1.82, 2.24) is 4.57 Å². The number of rotatable bonds is 8. The number of aromatic carboxylic acids is 1. The highest BCUT2D eigenvalue weighted by atomic mass is 16.4. The second-order valence-corrected chi connectivity index (χ2v) is 6.54. The van der Waals surface area contributed by atoms with E-state index in [0.717, 1.165) is 37.9 Å². The van der Waals surface area contributed by atoms with Gasteiger partial charge in [-0.25, -0.2) is 9.13 Å². The molecule has 0 bridgehead atoms. The van der Waals surface area contributed by atoms with Gasteiger partial charge in [0.2, 0.25) is 0 Å². The summed E-state index contributed by atoms with van der Waals surface area (Å²) in [5.74, 6) is 0.154. The molecule has 4 heteroatoms. The lowest BCUT2D eigenvalue weighted by Crippen LogP contribution is -2.38. The number of carboxylic acids is 1. The Kier molecular flexibility index (Phi) is 5.84. The van der Waals surface area contributed by atoms with E-state index in [-0.39, 0.29) is 5.56 Å². The number of carboxylic acid groups (broad SMARTS) is 1. The third-order valence-electron chi connectivity index (χ3n) is 4.58. The Morgan fingerprint density at radius 2 is 1.77 bits per heavy atom. The average molecular weight is 348 g/mol. The molecule has 0 saturated heterocycles. The predicted octanol–water partition coefficient (Wildman–Crippen LogP) is 2.58. The number of aromatic nitrogens is 2. The minimum atomic E-state index is -1.14. The van der Waals surface area contributed by atoms with Crippen molar-refractivity contribution in [3.63, 3.8) is 0 Å². The van der Waals surface area contributed by atoms with Gasteiger partial charge in [0.1, 0.15) is 25.5 Å². The van der Waals surface area contributed by atoms with E-state index < -0.39 is 5.97 Å². The van der Waals surface area contributed by atoms with Crippen LogP contribution < -0.4 is 9.67 Å². The van der Waals surface area contributed by atoms with E-state index in [1.165, 1.54) is 11.4 Å². The van der Waals surface area contributed by atoms with Gasteiger partial charge in [-0.2, -0.15) is 0 Å². The summed E-state index contributed by atoms with van der Waals surface area (Å²) in [6.45, 7) is 3.79. The first kappa shape index (κ1) is 17.9. The van der Waals surface area contributed by atoms with Gasteiger partial charge in [-0.1, -0.05) is 67.9 Å². The van der Waals surface area contributed by atoms with Gasteiger partial charge < -0.3 is 9.90 Å². The van der Waals surface area contributed by atoms with Crippen LogP contribution in [0.15, 0.2) is 67.0 Å². The lowest BCUT2D eigenvalue weighted by atomic mass is 10.1. The molecule has 0 unspecified atom stereocenters. The molecule has 26 heavy (non-hydrogen) atoms. The van der Waals surface area contributed by atoms with Crippen LogP contribution in [0.3, 0.4) is 0 Å².